The van der Waals surface area contributed by atoms with Gasteiger partial charge in [-0.1, -0.05) is 140 Å². The van der Waals surface area contributed by atoms with Crippen LogP contribution in [0.15, 0.2) is 182 Å². The molecule has 0 aliphatic heterocycles. The van der Waals surface area contributed by atoms with Gasteiger partial charge in [-0.15, -0.1) is 11.3 Å². The van der Waals surface area contributed by atoms with Crippen molar-refractivity contribution in [1.82, 2.24) is 19.5 Å². The van der Waals surface area contributed by atoms with Crippen LogP contribution in [-0.2, 0) is 0 Å². The standard InChI is InChI=1S/C47H30N4S/c1-4-14-31(15-5-1)32-26-28-34(29-27-32)40-30-39(33-16-6-2-7-17-33)48-46(49-40)36-20-12-24-42-44(36)45-37(21-13-25-43(45)52-42)47-50-38-22-10-11-23-41(38)51(47)35-18-8-3-9-19-35/h1-30H. The van der Waals surface area contributed by atoms with Gasteiger partial charge in [-0.05, 0) is 53.6 Å². The Morgan fingerprint density at radius 3 is 1.62 bits per heavy atom. The van der Waals surface area contributed by atoms with E-state index in [1.54, 1.807) is 11.3 Å². The number of imidazole rings is 1. The van der Waals surface area contributed by atoms with Gasteiger partial charge in [0.15, 0.2) is 5.82 Å². The number of rotatable bonds is 6. The van der Waals surface area contributed by atoms with Crippen molar-refractivity contribution < 1.29 is 0 Å². The number of thiophene rings is 1. The Morgan fingerprint density at radius 1 is 0.404 bits per heavy atom. The molecule has 5 heteroatoms. The third-order valence-corrected chi connectivity index (χ3v) is 10.8. The maximum absolute atomic E-state index is 5.31. The summed E-state index contributed by atoms with van der Waals surface area (Å²) in [5.41, 5.74) is 11.4. The van der Waals surface area contributed by atoms with Crippen molar-refractivity contribution in [1.29, 1.82) is 0 Å². The van der Waals surface area contributed by atoms with Gasteiger partial charge in [0.05, 0.1) is 22.4 Å². The summed E-state index contributed by atoms with van der Waals surface area (Å²) in [5.74, 6) is 1.60. The normalized spacial score (nSPS) is 11.5. The fourth-order valence-electron chi connectivity index (χ4n) is 7.22. The van der Waals surface area contributed by atoms with E-state index in [1.807, 2.05) is 12.1 Å². The summed E-state index contributed by atoms with van der Waals surface area (Å²) >= 11 is 1.80. The first-order chi connectivity index (χ1) is 25.8. The summed E-state index contributed by atoms with van der Waals surface area (Å²) in [6.07, 6.45) is 0. The highest BCUT2D eigenvalue weighted by atomic mass is 32.1. The first kappa shape index (κ1) is 30.2. The zero-order valence-corrected chi connectivity index (χ0v) is 28.8. The van der Waals surface area contributed by atoms with Gasteiger partial charge in [0.25, 0.3) is 0 Å². The number of hydrogen-bond acceptors (Lipinski definition) is 4. The average Bonchev–Trinajstić information content (AvgIpc) is 3.81. The van der Waals surface area contributed by atoms with Crippen LogP contribution in [0.1, 0.15) is 0 Å². The average molecular weight is 683 g/mol. The molecule has 0 aliphatic rings. The van der Waals surface area contributed by atoms with Crippen LogP contribution >= 0.6 is 11.3 Å². The molecule has 0 saturated carbocycles. The molecule has 0 atom stereocenters. The van der Waals surface area contributed by atoms with Crippen LogP contribution < -0.4 is 0 Å². The summed E-state index contributed by atoms with van der Waals surface area (Å²) in [6.45, 7) is 0. The van der Waals surface area contributed by atoms with E-state index >= 15 is 0 Å². The third kappa shape index (κ3) is 5.18. The second kappa shape index (κ2) is 12.6. The van der Waals surface area contributed by atoms with E-state index in [0.29, 0.717) is 5.82 Å². The molecule has 0 N–H and O–H groups in total. The molecule has 0 saturated heterocycles. The molecule has 0 aliphatic carbocycles. The zero-order chi connectivity index (χ0) is 34.4. The molecule has 10 rings (SSSR count). The second-order valence-electron chi connectivity index (χ2n) is 12.8. The van der Waals surface area contributed by atoms with Gasteiger partial charge in [0, 0.05) is 48.1 Å². The molecule has 3 aromatic heterocycles. The van der Waals surface area contributed by atoms with E-state index in [2.05, 4.69) is 174 Å². The second-order valence-corrected chi connectivity index (χ2v) is 13.9. The highest BCUT2D eigenvalue weighted by Gasteiger charge is 2.22. The molecular weight excluding hydrogens is 653 g/mol. The SMILES string of the molecule is c1ccc(-c2ccc(-c3cc(-c4ccccc4)nc(-c4cccc5sc6cccc(-c7nc8ccccc8n7-c7ccccc7)c6c45)n3)cc2)cc1. The number of benzene rings is 7. The highest BCUT2D eigenvalue weighted by molar-refractivity contribution is 7.26. The maximum atomic E-state index is 5.31. The molecule has 244 valence electrons. The fourth-order valence-corrected chi connectivity index (χ4v) is 8.38. The summed E-state index contributed by atoms with van der Waals surface area (Å²) in [7, 11) is 0. The van der Waals surface area contributed by atoms with Crippen LogP contribution in [0.2, 0.25) is 0 Å². The molecule has 10 aromatic rings. The number of aromatic nitrogens is 4. The van der Waals surface area contributed by atoms with Gasteiger partial charge in [0.2, 0.25) is 0 Å². The Labute approximate surface area is 305 Å². The first-order valence-electron chi connectivity index (χ1n) is 17.4. The van der Waals surface area contributed by atoms with E-state index < -0.39 is 0 Å². The van der Waals surface area contributed by atoms with Crippen molar-refractivity contribution in [3.63, 3.8) is 0 Å². The first-order valence-corrected chi connectivity index (χ1v) is 18.2. The molecular formula is C47H30N4S. The smallest absolute Gasteiger partial charge is 0.161 e. The molecule has 0 bridgehead atoms. The van der Waals surface area contributed by atoms with E-state index in [-0.39, 0.29) is 0 Å². The lowest BCUT2D eigenvalue weighted by atomic mass is 10.00. The lowest BCUT2D eigenvalue weighted by Gasteiger charge is -2.13. The Kier molecular flexibility index (Phi) is 7.29. The summed E-state index contributed by atoms with van der Waals surface area (Å²) in [6, 6.07) is 63.6. The lowest BCUT2D eigenvalue weighted by Crippen LogP contribution is -1.98. The van der Waals surface area contributed by atoms with E-state index in [0.717, 1.165) is 67.0 Å². The quantitative estimate of drug-likeness (QED) is 0.175. The van der Waals surface area contributed by atoms with E-state index in [4.69, 9.17) is 15.0 Å². The number of nitrogens with zero attached hydrogens (tertiary/aromatic N) is 4. The molecule has 52 heavy (non-hydrogen) atoms. The molecule has 3 heterocycles. The molecule has 7 aromatic carbocycles. The van der Waals surface area contributed by atoms with Crippen molar-refractivity contribution in [3.8, 4) is 62.1 Å². The predicted molar refractivity (Wildman–Crippen MR) is 217 cm³/mol. The molecule has 0 spiro atoms. The van der Waals surface area contributed by atoms with Crippen LogP contribution in [0.4, 0.5) is 0 Å². The lowest BCUT2D eigenvalue weighted by molar-refractivity contribution is 1.11. The Hall–Kier alpha value is -6.69. The third-order valence-electron chi connectivity index (χ3n) is 9.66. The summed E-state index contributed by atoms with van der Waals surface area (Å²) in [4.78, 5) is 15.9. The van der Waals surface area contributed by atoms with Crippen molar-refractivity contribution in [2.75, 3.05) is 0 Å². The monoisotopic (exact) mass is 682 g/mol. The van der Waals surface area contributed by atoms with Crippen LogP contribution in [0.3, 0.4) is 0 Å². The van der Waals surface area contributed by atoms with Gasteiger partial charge in [-0.25, -0.2) is 15.0 Å². The maximum Gasteiger partial charge on any atom is 0.161 e. The minimum atomic E-state index is 0.695. The van der Waals surface area contributed by atoms with Crippen molar-refractivity contribution >= 4 is 42.5 Å². The van der Waals surface area contributed by atoms with Gasteiger partial charge in [0.1, 0.15) is 5.82 Å². The molecule has 0 unspecified atom stereocenters. The summed E-state index contributed by atoms with van der Waals surface area (Å²) in [5, 5.41) is 2.30. The van der Waals surface area contributed by atoms with E-state index in [9.17, 15) is 0 Å². The van der Waals surface area contributed by atoms with Crippen molar-refractivity contribution in [3.05, 3.63) is 182 Å². The minimum Gasteiger partial charge on any atom is -0.292 e. The van der Waals surface area contributed by atoms with Crippen LogP contribution in [0.5, 0.6) is 0 Å². The van der Waals surface area contributed by atoms with Crippen LogP contribution in [0.25, 0.3) is 93.3 Å². The number of fused-ring (bicyclic) bond motifs is 4. The zero-order valence-electron chi connectivity index (χ0n) is 28.0. The topological polar surface area (TPSA) is 43.6 Å². The number of para-hydroxylation sites is 3. The fraction of sp³-hybridized carbons (Fsp3) is 0. The van der Waals surface area contributed by atoms with Crippen LogP contribution in [0, 0.1) is 0 Å². The van der Waals surface area contributed by atoms with Crippen molar-refractivity contribution in [2.45, 2.75) is 0 Å². The summed E-state index contributed by atoms with van der Waals surface area (Å²) < 4.78 is 4.66. The Morgan fingerprint density at radius 2 is 0.923 bits per heavy atom. The molecule has 0 radical (unpaired) electrons. The van der Waals surface area contributed by atoms with Gasteiger partial charge < -0.3 is 0 Å². The Bertz CT molecular complexity index is 2880. The van der Waals surface area contributed by atoms with Gasteiger partial charge in [-0.3, -0.25) is 4.57 Å². The largest absolute Gasteiger partial charge is 0.292 e. The molecule has 0 fully saturated rings. The highest BCUT2D eigenvalue weighted by Crippen LogP contribution is 2.45. The van der Waals surface area contributed by atoms with Gasteiger partial charge >= 0.3 is 0 Å². The molecule has 4 nitrogen and oxygen atoms in total. The predicted octanol–water partition coefficient (Wildman–Crippen LogP) is 12.5. The van der Waals surface area contributed by atoms with Crippen LogP contribution in [-0.4, -0.2) is 19.5 Å². The van der Waals surface area contributed by atoms with E-state index in [1.165, 1.54) is 20.5 Å². The van der Waals surface area contributed by atoms with Crippen molar-refractivity contribution in [2.24, 2.45) is 0 Å². The molecule has 0 amide bonds. The van der Waals surface area contributed by atoms with Gasteiger partial charge in [-0.2, -0.15) is 0 Å². The Balaban J connectivity index is 1.21. The minimum absolute atomic E-state index is 0.695. The number of hydrogen-bond donors (Lipinski definition) is 0.